The van der Waals surface area contributed by atoms with Gasteiger partial charge in [0, 0.05) is 17.8 Å². The van der Waals surface area contributed by atoms with E-state index in [1.54, 1.807) is 7.11 Å². The van der Waals surface area contributed by atoms with Crippen LogP contribution in [0.3, 0.4) is 0 Å². The van der Waals surface area contributed by atoms with Crippen molar-refractivity contribution in [3.8, 4) is 0 Å². The largest absolute Gasteiger partial charge is 0.356 e. The number of ether oxygens (including phenoxy) is 2. The molecule has 1 aromatic carbocycles. The Morgan fingerprint density at radius 3 is 2.58 bits per heavy atom. The number of hydrogen-bond acceptors (Lipinski definition) is 4. The van der Waals surface area contributed by atoms with Gasteiger partial charge in [-0.25, -0.2) is 0 Å². The third-order valence-corrected chi connectivity index (χ3v) is 5.11. The van der Waals surface area contributed by atoms with Crippen LogP contribution in [-0.2, 0) is 9.47 Å². The summed E-state index contributed by atoms with van der Waals surface area (Å²) in [4.78, 5) is 1.32. The fourth-order valence-electron chi connectivity index (χ4n) is 1.54. The molecule has 0 aliphatic carbocycles. The molecule has 0 bridgehead atoms. The molecule has 0 spiro atoms. The van der Waals surface area contributed by atoms with Gasteiger partial charge in [0.1, 0.15) is 0 Å². The molecule has 0 aliphatic rings. The van der Waals surface area contributed by atoms with Gasteiger partial charge in [0.15, 0.2) is 6.29 Å². The SMILES string of the molecule is CCCC(OC)OCCCSSc1ccc(C)cc1. The monoisotopic (exact) mass is 300 g/mol. The zero-order valence-corrected chi connectivity index (χ0v) is 13.7. The predicted molar refractivity (Wildman–Crippen MR) is 85.8 cm³/mol. The lowest BCUT2D eigenvalue weighted by Gasteiger charge is -2.14. The van der Waals surface area contributed by atoms with Gasteiger partial charge in [-0.2, -0.15) is 0 Å². The quantitative estimate of drug-likeness (QED) is 0.347. The lowest BCUT2D eigenvalue weighted by Crippen LogP contribution is -2.15. The summed E-state index contributed by atoms with van der Waals surface area (Å²) in [6.07, 6.45) is 3.10. The minimum Gasteiger partial charge on any atom is -0.356 e. The zero-order valence-electron chi connectivity index (χ0n) is 12.1. The van der Waals surface area contributed by atoms with Crippen LogP contribution < -0.4 is 0 Å². The number of benzene rings is 1. The van der Waals surface area contributed by atoms with Gasteiger partial charge in [-0.15, -0.1) is 0 Å². The molecule has 0 fully saturated rings. The van der Waals surface area contributed by atoms with Crippen LogP contribution >= 0.6 is 21.6 Å². The first-order valence-corrected chi connectivity index (χ1v) is 9.08. The molecule has 19 heavy (non-hydrogen) atoms. The highest BCUT2D eigenvalue weighted by molar-refractivity contribution is 8.76. The average molecular weight is 300 g/mol. The van der Waals surface area contributed by atoms with Crippen LogP contribution in [0.25, 0.3) is 0 Å². The molecule has 2 nitrogen and oxygen atoms in total. The van der Waals surface area contributed by atoms with Crippen LogP contribution in [0, 0.1) is 6.92 Å². The molecule has 108 valence electrons. The molecule has 4 heteroatoms. The van der Waals surface area contributed by atoms with E-state index < -0.39 is 0 Å². The maximum Gasteiger partial charge on any atom is 0.157 e. The number of hydrogen-bond donors (Lipinski definition) is 0. The minimum atomic E-state index is -0.0280. The highest BCUT2D eigenvalue weighted by Gasteiger charge is 2.04. The summed E-state index contributed by atoms with van der Waals surface area (Å²) in [5, 5.41) is 0. The van der Waals surface area contributed by atoms with E-state index in [4.69, 9.17) is 9.47 Å². The van der Waals surface area contributed by atoms with E-state index in [0.717, 1.165) is 31.6 Å². The molecule has 0 heterocycles. The maximum absolute atomic E-state index is 5.65. The van der Waals surface area contributed by atoms with Crippen molar-refractivity contribution in [2.45, 2.75) is 44.3 Å². The second kappa shape index (κ2) is 10.6. The van der Waals surface area contributed by atoms with Crippen molar-refractivity contribution < 1.29 is 9.47 Å². The highest BCUT2D eigenvalue weighted by atomic mass is 33.1. The van der Waals surface area contributed by atoms with Crippen LogP contribution in [0.1, 0.15) is 31.7 Å². The van der Waals surface area contributed by atoms with Gasteiger partial charge < -0.3 is 9.47 Å². The zero-order chi connectivity index (χ0) is 13.9. The average Bonchev–Trinajstić information content (AvgIpc) is 2.43. The van der Waals surface area contributed by atoms with E-state index in [9.17, 15) is 0 Å². The number of aryl methyl sites for hydroxylation is 1. The first-order chi connectivity index (χ1) is 9.26. The van der Waals surface area contributed by atoms with E-state index in [2.05, 4.69) is 38.1 Å². The Kier molecular flexibility index (Phi) is 9.43. The van der Waals surface area contributed by atoms with Gasteiger partial charge >= 0.3 is 0 Å². The molecule has 0 saturated carbocycles. The molecule has 0 N–H and O–H groups in total. The molecule has 0 saturated heterocycles. The first-order valence-electron chi connectivity index (χ1n) is 6.76. The van der Waals surface area contributed by atoms with Crippen molar-refractivity contribution in [2.75, 3.05) is 19.5 Å². The molecule has 0 amide bonds. The van der Waals surface area contributed by atoms with Crippen molar-refractivity contribution in [3.05, 3.63) is 29.8 Å². The standard InChI is InChI=1S/C15H24O2S2/c1-4-6-15(16-3)17-11-5-12-18-19-14-9-7-13(2)8-10-14/h7-10,15H,4-6,11-12H2,1-3H3. The highest BCUT2D eigenvalue weighted by Crippen LogP contribution is 2.31. The predicted octanol–water partition coefficient (Wildman–Crippen LogP) is 4.91. The summed E-state index contributed by atoms with van der Waals surface area (Å²) in [6, 6.07) is 8.65. The third-order valence-electron chi connectivity index (χ3n) is 2.64. The Morgan fingerprint density at radius 2 is 1.95 bits per heavy atom. The Balaban J connectivity index is 2.03. The van der Waals surface area contributed by atoms with Gasteiger partial charge in [0.2, 0.25) is 0 Å². The first kappa shape index (κ1) is 16.9. The van der Waals surface area contributed by atoms with Gasteiger partial charge in [0.05, 0.1) is 6.61 Å². The Bertz CT molecular complexity index is 327. The smallest absolute Gasteiger partial charge is 0.157 e. The Hall–Kier alpha value is -0.160. The molecule has 1 atom stereocenters. The van der Waals surface area contributed by atoms with Crippen molar-refractivity contribution in [3.63, 3.8) is 0 Å². The molecule has 0 aromatic heterocycles. The molecule has 1 rings (SSSR count). The van der Waals surface area contributed by atoms with Crippen LogP contribution in [0.4, 0.5) is 0 Å². The lowest BCUT2D eigenvalue weighted by atomic mass is 10.2. The molecule has 1 unspecified atom stereocenters. The van der Waals surface area contributed by atoms with Gasteiger partial charge in [-0.05, 0) is 31.9 Å². The number of rotatable bonds is 10. The van der Waals surface area contributed by atoms with Crippen molar-refractivity contribution in [1.82, 2.24) is 0 Å². The molecule has 0 aliphatic heterocycles. The topological polar surface area (TPSA) is 18.5 Å². The van der Waals surface area contributed by atoms with Crippen molar-refractivity contribution >= 4 is 21.6 Å². The molecular formula is C15H24O2S2. The fraction of sp³-hybridized carbons (Fsp3) is 0.600. The van der Waals surface area contributed by atoms with Crippen LogP contribution in [0.5, 0.6) is 0 Å². The second-order valence-electron chi connectivity index (χ2n) is 4.40. The Morgan fingerprint density at radius 1 is 1.21 bits per heavy atom. The van der Waals surface area contributed by atoms with E-state index >= 15 is 0 Å². The second-order valence-corrected chi connectivity index (χ2v) is 6.89. The fourth-order valence-corrected chi connectivity index (χ4v) is 3.59. The van der Waals surface area contributed by atoms with Crippen molar-refractivity contribution in [2.24, 2.45) is 0 Å². The van der Waals surface area contributed by atoms with Gasteiger partial charge in [0.25, 0.3) is 0 Å². The number of methoxy groups -OCH3 is 1. The summed E-state index contributed by atoms with van der Waals surface area (Å²) in [5.41, 5.74) is 1.31. The van der Waals surface area contributed by atoms with Gasteiger partial charge in [-0.3, -0.25) is 0 Å². The van der Waals surface area contributed by atoms with Crippen LogP contribution in [0.15, 0.2) is 29.2 Å². The summed E-state index contributed by atoms with van der Waals surface area (Å²) in [7, 11) is 5.43. The minimum absolute atomic E-state index is 0.0280. The summed E-state index contributed by atoms with van der Waals surface area (Å²) in [6.45, 7) is 5.03. The lowest BCUT2D eigenvalue weighted by molar-refractivity contribution is -0.127. The van der Waals surface area contributed by atoms with E-state index in [1.807, 2.05) is 21.6 Å². The van der Waals surface area contributed by atoms with Crippen LogP contribution in [-0.4, -0.2) is 25.8 Å². The molecule has 0 radical (unpaired) electrons. The van der Waals surface area contributed by atoms with E-state index in [1.165, 1.54) is 10.5 Å². The molecule has 1 aromatic rings. The summed E-state index contributed by atoms with van der Waals surface area (Å²) < 4.78 is 10.9. The third kappa shape index (κ3) is 7.88. The van der Waals surface area contributed by atoms with Crippen LogP contribution in [0.2, 0.25) is 0 Å². The molecular weight excluding hydrogens is 276 g/mol. The van der Waals surface area contributed by atoms with Gasteiger partial charge in [-0.1, -0.05) is 52.6 Å². The Labute approximate surface area is 125 Å². The summed E-state index contributed by atoms with van der Waals surface area (Å²) >= 11 is 0. The van der Waals surface area contributed by atoms with E-state index in [-0.39, 0.29) is 6.29 Å². The summed E-state index contributed by atoms with van der Waals surface area (Å²) in [5.74, 6) is 1.10. The van der Waals surface area contributed by atoms with E-state index in [0.29, 0.717) is 0 Å². The van der Waals surface area contributed by atoms with Crippen molar-refractivity contribution in [1.29, 1.82) is 0 Å². The maximum atomic E-state index is 5.65. The normalized spacial score (nSPS) is 12.6.